The lowest BCUT2D eigenvalue weighted by molar-refractivity contribution is 0.102. The van der Waals surface area contributed by atoms with Crippen LogP contribution in [0.15, 0.2) is 0 Å². The Morgan fingerprint density at radius 2 is 2.25 bits per heavy atom. The van der Waals surface area contributed by atoms with Crippen molar-refractivity contribution in [1.82, 2.24) is 0 Å². The third-order valence-electron chi connectivity index (χ3n) is 2.61. The number of hydrogen-bond donors (Lipinski definition) is 1. The molecular formula is C7H12O. The highest BCUT2D eigenvalue weighted by Gasteiger charge is 2.53. The lowest BCUT2D eigenvalue weighted by Crippen LogP contribution is -2.14. The highest BCUT2D eigenvalue weighted by Crippen LogP contribution is 2.53. The normalized spacial score (nSPS) is 52.9. The summed E-state index contributed by atoms with van der Waals surface area (Å²) < 4.78 is 0. The number of fused-ring (bicyclic) bond motifs is 1. The van der Waals surface area contributed by atoms with Gasteiger partial charge >= 0.3 is 0 Å². The van der Waals surface area contributed by atoms with Gasteiger partial charge in [-0.05, 0) is 25.2 Å². The van der Waals surface area contributed by atoms with Crippen LogP contribution < -0.4 is 0 Å². The van der Waals surface area contributed by atoms with Gasteiger partial charge in [-0.3, -0.25) is 0 Å². The molecule has 8 heavy (non-hydrogen) atoms. The van der Waals surface area contributed by atoms with Gasteiger partial charge in [-0.2, -0.15) is 0 Å². The van der Waals surface area contributed by atoms with E-state index >= 15 is 0 Å². The van der Waals surface area contributed by atoms with Gasteiger partial charge in [0.2, 0.25) is 0 Å². The van der Waals surface area contributed by atoms with Gasteiger partial charge in [0.05, 0.1) is 5.60 Å². The van der Waals surface area contributed by atoms with Crippen molar-refractivity contribution < 1.29 is 5.11 Å². The zero-order valence-corrected chi connectivity index (χ0v) is 5.06. The predicted octanol–water partition coefficient (Wildman–Crippen LogP) is 1.31. The van der Waals surface area contributed by atoms with E-state index in [0.29, 0.717) is 5.92 Å². The molecular weight excluding hydrogens is 100 g/mol. The van der Waals surface area contributed by atoms with Crippen LogP contribution in [0, 0.1) is 5.92 Å². The molecule has 1 N–H and O–H groups in total. The van der Waals surface area contributed by atoms with Gasteiger partial charge in [0.1, 0.15) is 0 Å². The van der Waals surface area contributed by atoms with E-state index in [2.05, 4.69) is 0 Å². The van der Waals surface area contributed by atoms with Crippen LogP contribution in [-0.4, -0.2) is 10.7 Å². The van der Waals surface area contributed by atoms with E-state index in [1.54, 1.807) is 0 Å². The molecule has 0 saturated heterocycles. The van der Waals surface area contributed by atoms with Crippen molar-refractivity contribution in [3.05, 3.63) is 0 Å². The van der Waals surface area contributed by atoms with Crippen molar-refractivity contribution in [2.45, 2.75) is 37.7 Å². The van der Waals surface area contributed by atoms with E-state index in [4.69, 9.17) is 0 Å². The molecule has 2 atom stereocenters. The molecule has 2 aliphatic carbocycles. The molecule has 2 rings (SSSR count). The Balaban J connectivity index is 2.04. The maximum Gasteiger partial charge on any atom is 0.0680 e. The Morgan fingerprint density at radius 1 is 1.38 bits per heavy atom. The largest absolute Gasteiger partial charge is 0.390 e. The standard InChI is InChI=1S/C7H12O/c8-7-4-2-1-3-6(7)5-7/h6,8H,1-5H2/t6-,7-/m1/s1. The molecule has 0 aromatic carbocycles. The summed E-state index contributed by atoms with van der Waals surface area (Å²) in [6.07, 6.45) is 6.08. The van der Waals surface area contributed by atoms with Crippen LogP contribution in [0.1, 0.15) is 32.1 Å². The van der Waals surface area contributed by atoms with Gasteiger partial charge < -0.3 is 5.11 Å². The molecule has 2 aliphatic rings. The quantitative estimate of drug-likeness (QED) is 0.501. The average Bonchev–Trinajstić information content (AvgIpc) is 2.39. The van der Waals surface area contributed by atoms with Crippen molar-refractivity contribution >= 4 is 0 Å². The summed E-state index contributed by atoms with van der Waals surface area (Å²) in [6, 6.07) is 0. The van der Waals surface area contributed by atoms with Crippen LogP contribution in [-0.2, 0) is 0 Å². The first-order valence-corrected chi connectivity index (χ1v) is 3.54. The molecule has 0 heterocycles. The first kappa shape index (κ1) is 4.80. The molecule has 0 aromatic rings. The topological polar surface area (TPSA) is 20.2 Å². The monoisotopic (exact) mass is 112 g/mol. The molecule has 1 nitrogen and oxygen atoms in total. The van der Waals surface area contributed by atoms with E-state index in [1.807, 2.05) is 0 Å². The van der Waals surface area contributed by atoms with Gasteiger partial charge in [0.15, 0.2) is 0 Å². The molecule has 0 unspecified atom stereocenters. The fraction of sp³-hybridized carbons (Fsp3) is 1.00. The second-order valence-electron chi connectivity index (χ2n) is 3.25. The predicted molar refractivity (Wildman–Crippen MR) is 31.5 cm³/mol. The Bertz CT molecular complexity index is 109. The zero-order valence-electron chi connectivity index (χ0n) is 5.06. The summed E-state index contributed by atoms with van der Waals surface area (Å²) in [5, 5.41) is 9.45. The molecule has 0 aromatic heterocycles. The van der Waals surface area contributed by atoms with E-state index in [9.17, 15) is 5.11 Å². The first-order valence-electron chi connectivity index (χ1n) is 3.54. The number of aliphatic hydroxyl groups is 1. The van der Waals surface area contributed by atoms with Crippen molar-refractivity contribution in [1.29, 1.82) is 0 Å². The number of rotatable bonds is 0. The van der Waals surface area contributed by atoms with Gasteiger partial charge in [0.25, 0.3) is 0 Å². The summed E-state index contributed by atoms with van der Waals surface area (Å²) >= 11 is 0. The Labute approximate surface area is 49.7 Å². The second-order valence-corrected chi connectivity index (χ2v) is 3.25. The van der Waals surface area contributed by atoms with E-state index in [-0.39, 0.29) is 5.60 Å². The van der Waals surface area contributed by atoms with Gasteiger partial charge in [0, 0.05) is 0 Å². The Kier molecular flexibility index (Phi) is 0.762. The molecule has 2 fully saturated rings. The third kappa shape index (κ3) is 0.510. The summed E-state index contributed by atoms with van der Waals surface area (Å²) in [5.41, 5.74) is -0.155. The lowest BCUT2D eigenvalue weighted by atomic mass is 9.98. The molecule has 0 radical (unpaired) electrons. The summed E-state index contributed by atoms with van der Waals surface area (Å²) in [6.45, 7) is 0. The minimum absolute atomic E-state index is 0.155. The van der Waals surface area contributed by atoms with E-state index in [1.165, 1.54) is 19.3 Å². The second kappa shape index (κ2) is 1.27. The van der Waals surface area contributed by atoms with Crippen LogP contribution in [0.25, 0.3) is 0 Å². The van der Waals surface area contributed by atoms with Crippen LogP contribution in [0.4, 0.5) is 0 Å². The van der Waals surface area contributed by atoms with Gasteiger partial charge in [-0.1, -0.05) is 12.8 Å². The third-order valence-corrected chi connectivity index (χ3v) is 2.61. The minimum Gasteiger partial charge on any atom is -0.390 e. The molecule has 0 bridgehead atoms. The Morgan fingerprint density at radius 3 is 2.75 bits per heavy atom. The molecule has 0 amide bonds. The highest BCUT2D eigenvalue weighted by atomic mass is 16.3. The maximum atomic E-state index is 9.45. The van der Waals surface area contributed by atoms with Crippen LogP contribution in [0.3, 0.4) is 0 Å². The molecule has 46 valence electrons. The van der Waals surface area contributed by atoms with Crippen molar-refractivity contribution in [2.24, 2.45) is 5.92 Å². The fourth-order valence-electron chi connectivity index (χ4n) is 1.87. The van der Waals surface area contributed by atoms with Crippen molar-refractivity contribution in [3.8, 4) is 0 Å². The van der Waals surface area contributed by atoms with E-state index in [0.717, 1.165) is 12.8 Å². The average molecular weight is 112 g/mol. The molecule has 2 saturated carbocycles. The lowest BCUT2D eigenvalue weighted by Gasteiger charge is -2.14. The molecule has 1 heteroatoms. The van der Waals surface area contributed by atoms with Crippen LogP contribution >= 0.6 is 0 Å². The SMILES string of the molecule is O[C@@]12CCCC[C@@H]1C2. The van der Waals surface area contributed by atoms with Gasteiger partial charge in [-0.15, -0.1) is 0 Å². The molecule has 0 aliphatic heterocycles. The smallest absolute Gasteiger partial charge is 0.0680 e. The summed E-state index contributed by atoms with van der Waals surface area (Å²) in [5.74, 6) is 0.705. The first-order chi connectivity index (χ1) is 3.81. The van der Waals surface area contributed by atoms with Crippen LogP contribution in [0.5, 0.6) is 0 Å². The summed E-state index contributed by atoms with van der Waals surface area (Å²) in [4.78, 5) is 0. The van der Waals surface area contributed by atoms with Crippen LogP contribution in [0.2, 0.25) is 0 Å². The zero-order chi connectivity index (χ0) is 5.61. The van der Waals surface area contributed by atoms with Crippen molar-refractivity contribution in [3.63, 3.8) is 0 Å². The fourth-order valence-corrected chi connectivity index (χ4v) is 1.87. The number of hydrogen-bond acceptors (Lipinski definition) is 1. The Hall–Kier alpha value is -0.0400. The maximum absolute atomic E-state index is 9.45. The van der Waals surface area contributed by atoms with Gasteiger partial charge in [-0.25, -0.2) is 0 Å². The minimum atomic E-state index is -0.155. The van der Waals surface area contributed by atoms with Crippen molar-refractivity contribution in [2.75, 3.05) is 0 Å². The highest BCUT2D eigenvalue weighted by molar-refractivity contribution is 5.05. The molecule has 0 spiro atoms. The summed E-state index contributed by atoms with van der Waals surface area (Å²) in [7, 11) is 0. The van der Waals surface area contributed by atoms with E-state index < -0.39 is 0 Å².